The highest BCUT2D eigenvalue weighted by atomic mass is 79.9. The van der Waals surface area contributed by atoms with Crippen molar-refractivity contribution in [3.63, 3.8) is 0 Å². The number of thioether (sulfide) groups is 1. The lowest BCUT2D eigenvalue weighted by Crippen LogP contribution is -2.20. The minimum Gasteiger partial charge on any atom is -0.481 e. The summed E-state index contributed by atoms with van der Waals surface area (Å²) in [6.07, 6.45) is 1.79. The van der Waals surface area contributed by atoms with Crippen LogP contribution in [0.3, 0.4) is 0 Å². The molecule has 0 spiro atoms. The molecule has 2 aromatic carbocycles. The zero-order valence-corrected chi connectivity index (χ0v) is 14.6. The van der Waals surface area contributed by atoms with Crippen molar-refractivity contribution in [2.24, 2.45) is 0 Å². The summed E-state index contributed by atoms with van der Waals surface area (Å²) in [5.74, 6) is -0.0845. The molecule has 6 heteroatoms. The van der Waals surface area contributed by atoms with Gasteiger partial charge in [-0.25, -0.2) is 4.39 Å². The summed E-state index contributed by atoms with van der Waals surface area (Å²) in [5, 5.41) is 2.77. The van der Waals surface area contributed by atoms with Crippen molar-refractivity contribution in [2.45, 2.75) is 4.90 Å². The molecule has 0 heterocycles. The average molecular weight is 396 g/mol. The summed E-state index contributed by atoms with van der Waals surface area (Å²) in [6.45, 7) is 3.41. The SMILES string of the molecule is C=CCSc1ccccc1NC(=O)COc1ccc(Br)cc1F. The highest BCUT2D eigenvalue weighted by Crippen LogP contribution is 2.27. The molecular formula is C17H15BrFNO2S. The summed E-state index contributed by atoms with van der Waals surface area (Å²) < 4.78 is 19.5. The first-order valence-corrected chi connectivity index (χ1v) is 8.58. The van der Waals surface area contributed by atoms with Crippen molar-refractivity contribution in [1.82, 2.24) is 0 Å². The van der Waals surface area contributed by atoms with Crippen molar-refractivity contribution < 1.29 is 13.9 Å². The van der Waals surface area contributed by atoms with Gasteiger partial charge in [-0.05, 0) is 30.3 Å². The zero-order valence-electron chi connectivity index (χ0n) is 12.2. The predicted molar refractivity (Wildman–Crippen MR) is 95.6 cm³/mol. The van der Waals surface area contributed by atoms with E-state index in [-0.39, 0.29) is 18.3 Å². The number of para-hydroxylation sites is 1. The Balaban J connectivity index is 1.96. The van der Waals surface area contributed by atoms with Crippen LogP contribution >= 0.6 is 27.7 Å². The summed E-state index contributed by atoms with van der Waals surface area (Å²) in [5.41, 5.74) is 0.698. The van der Waals surface area contributed by atoms with Crippen LogP contribution < -0.4 is 10.1 Å². The van der Waals surface area contributed by atoms with Gasteiger partial charge in [0.05, 0.1) is 5.69 Å². The zero-order chi connectivity index (χ0) is 16.7. The van der Waals surface area contributed by atoms with Gasteiger partial charge in [0.2, 0.25) is 0 Å². The van der Waals surface area contributed by atoms with Gasteiger partial charge in [0.15, 0.2) is 18.2 Å². The van der Waals surface area contributed by atoms with Crippen LogP contribution in [0, 0.1) is 5.82 Å². The lowest BCUT2D eigenvalue weighted by Gasteiger charge is -2.11. The summed E-state index contributed by atoms with van der Waals surface area (Å²) in [4.78, 5) is 12.9. The summed E-state index contributed by atoms with van der Waals surface area (Å²) >= 11 is 4.73. The van der Waals surface area contributed by atoms with Crippen LogP contribution in [-0.4, -0.2) is 18.3 Å². The highest BCUT2D eigenvalue weighted by Gasteiger charge is 2.10. The molecule has 3 nitrogen and oxygen atoms in total. The number of hydrogen-bond donors (Lipinski definition) is 1. The van der Waals surface area contributed by atoms with Crippen molar-refractivity contribution >= 4 is 39.3 Å². The van der Waals surface area contributed by atoms with E-state index in [0.29, 0.717) is 10.2 Å². The number of halogens is 2. The second kappa shape index (κ2) is 8.74. The Morgan fingerprint density at radius 2 is 2.13 bits per heavy atom. The third-order valence-corrected chi connectivity index (χ3v) is 4.33. The molecule has 0 saturated carbocycles. The van der Waals surface area contributed by atoms with Crippen LogP contribution in [0.1, 0.15) is 0 Å². The molecule has 0 fully saturated rings. The number of carbonyl (C=O) groups excluding carboxylic acids is 1. The van der Waals surface area contributed by atoms with Gasteiger partial charge in [-0.1, -0.05) is 34.1 Å². The molecule has 0 aliphatic carbocycles. The number of amides is 1. The van der Waals surface area contributed by atoms with Gasteiger partial charge in [-0.15, -0.1) is 18.3 Å². The van der Waals surface area contributed by atoms with Crippen LogP contribution in [0.4, 0.5) is 10.1 Å². The lowest BCUT2D eigenvalue weighted by molar-refractivity contribution is -0.118. The molecule has 0 unspecified atom stereocenters. The quantitative estimate of drug-likeness (QED) is 0.535. The van der Waals surface area contributed by atoms with Crippen molar-refractivity contribution in [1.29, 1.82) is 0 Å². The highest BCUT2D eigenvalue weighted by molar-refractivity contribution is 9.10. The first-order chi connectivity index (χ1) is 11.1. The molecule has 0 aliphatic heterocycles. The predicted octanol–water partition coefficient (Wildman–Crippen LogP) is 4.88. The molecule has 0 radical (unpaired) electrons. The summed E-state index contributed by atoms with van der Waals surface area (Å²) in [6, 6.07) is 11.9. The maximum absolute atomic E-state index is 13.6. The Morgan fingerprint density at radius 3 is 2.87 bits per heavy atom. The third-order valence-electron chi connectivity index (χ3n) is 2.77. The largest absolute Gasteiger partial charge is 0.481 e. The first-order valence-electron chi connectivity index (χ1n) is 6.80. The van der Waals surface area contributed by atoms with E-state index in [1.165, 1.54) is 12.1 Å². The first kappa shape index (κ1) is 17.6. The second-order valence-corrected chi connectivity index (χ2v) is 6.48. The molecule has 2 rings (SSSR count). The third kappa shape index (κ3) is 5.41. The Morgan fingerprint density at radius 1 is 1.35 bits per heavy atom. The van der Waals surface area contributed by atoms with Gasteiger partial charge >= 0.3 is 0 Å². The van der Waals surface area contributed by atoms with E-state index in [4.69, 9.17) is 4.74 Å². The minimum absolute atomic E-state index is 0.0395. The van der Waals surface area contributed by atoms with Crippen molar-refractivity contribution in [3.05, 3.63) is 65.4 Å². The van der Waals surface area contributed by atoms with Crippen molar-refractivity contribution in [3.8, 4) is 5.75 Å². The topological polar surface area (TPSA) is 38.3 Å². The molecule has 0 atom stereocenters. The van der Waals surface area contributed by atoms with Gasteiger partial charge in [-0.2, -0.15) is 0 Å². The van der Waals surface area contributed by atoms with Gasteiger partial charge in [0.1, 0.15) is 0 Å². The van der Waals surface area contributed by atoms with Crippen LogP contribution in [0.15, 0.2) is 64.5 Å². The molecule has 2 aromatic rings. The maximum Gasteiger partial charge on any atom is 0.262 e. The molecule has 0 saturated heterocycles. The van der Waals surface area contributed by atoms with E-state index in [2.05, 4.69) is 27.8 Å². The Labute approximate surface area is 147 Å². The molecule has 120 valence electrons. The van der Waals surface area contributed by atoms with E-state index in [0.717, 1.165) is 10.6 Å². The number of hydrogen-bond acceptors (Lipinski definition) is 3. The van der Waals surface area contributed by atoms with Gasteiger partial charge in [0, 0.05) is 15.1 Å². The molecule has 0 bridgehead atoms. The molecule has 1 N–H and O–H groups in total. The number of ether oxygens (including phenoxy) is 1. The molecule has 23 heavy (non-hydrogen) atoms. The fourth-order valence-electron chi connectivity index (χ4n) is 1.77. The molecule has 1 amide bonds. The standard InChI is InChI=1S/C17H15BrFNO2S/c1-2-9-23-16-6-4-3-5-14(16)20-17(21)11-22-15-8-7-12(18)10-13(15)19/h2-8,10H,1,9,11H2,(H,20,21). The number of anilines is 1. The summed E-state index contributed by atoms with van der Waals surface area (Å²) in [7, 11) is 0. The van der Waals surface area contributed by atoms with Gasteiger partial charge < -0.3 is 10.1 Å². The van der Waals surface area contributed by atoms with E-state index >= 15 is 0 Å². The number of nitrogens with one attached hydrogen (secondary N) is 1. The van der Waals surface area contributed by atoms with Crippen LogP contribution in [-0.2, 0) is 4.79 Å². The fraction of sp³-hybridized carbons (Fsp3) is 0.118. The molecule has 0 aliphatic rings. The van der Waals surface area contributed by atoms with Crippen LogP contribution in [0.5, 0.6) is 5.75 Å². The second-order valence-electron chi connectivity index (χ2n) is 4.51. The van der Waals surface area contributed by atoms with E-state index in [1.54, 1.807) is 23.9 Å². The lowest BCUT2D eigenvalue weighted by atomic mass is 10.3. The molecule has 0 aromatic heterocycles. The fourth-order valence-corrected chi connectivity index (χ4v) is 2.85. The van der Waals surface area contributed by atoms with Crippen molar-refractivity contribution in [2.75, 3.05) is 17.7 Å². The van der Waals surface area contributed by atoms with Crippen LogP contribution in [0.2, 0.25) is 0 Å². The minimum atomic E-state index is -0.519. The molecular weight excluding hydrogens is 381 g/mol. The van der Waals surface area contributed by atoms with Gasteiger partial charge in [-0.3, -0.25) is 4.79 Å². The van der Waals surface area contributed by atoms with E-state index < -0.39 is 5.82 Å². The monoisotopic (exact) mass is 395 g/mol. The Kier molecular flexibility index (Phi) is 6.67. The maximum atomic E-state index is 13.6. The average Bonchev–Trinajstić information content (AvgIpc) is 2.53. The van der Waals surface area contributed by atoms with E-state index in [1.807, 2.05) is 24.3 Å². The van der Waals surface area contributed by atoms with E-state index in [9.17, 15) is 9.18 Å². The number of rotatable bonds is 7. The van der Waals surface area contributed by atoms with Gasteiger partial charge in [0.25, 0.3) is 5.91 Å². The number of benzene rings is 2. The Hall–Kier alpha value is -1.79. The normalized spacial score (nSPS) is 10.2. The van der Waals surface area contributed by atoms with Crippen LogP contribution in [0.25, 0.3) is 0 Å². The Bertz CT molecular complexity index is 709. The smallest absolute Gasteiger partial charge is 0.262 e. The number of carbonyl (C=O) groups is 1.